The standard InChI is InChI=1S/C19H19N3O4/c1-25-17-8-7-16(26-17)19(24)21-9-10-22-14(12-21)11-15(20-22)18(23)13-5-3-2-4-6-13/h2-8,11,18,23H,9-10,12H2,1H3/t18-/m0/s1. The quantitative estimate of drug-likeness (QED) is 0.778. The van der Waals surface area contributed by atoms with Crippen LogP contribution in [0.15, 0.2) is 52.9 Å². The van der Waals surface area contributed by atoms with Crippen LogP contribution in [0, 0.1) is 0 Å². The fraction of sp³-hybridized carbons (Fsp3) is 0.263. The van der Waals surface area contributed by atoms with Gasteiger partial charge in [0.2, 0.25) is 0 Å². The summed E-state index contributed by atoms with van der Waals surface area (Å²) in [4.78, 5) is 14.3. The first-order valence-corrected chi connectivity index (χ1v) is 8.38. The molecule has 0 aliphatic carbocycles. The normalized spacial score (nSPS) is 14.8. The van der Waals surface area contributed by atoms with Gasteiger partial charge in [0.15, 0.2) is 5.76 Å². The second-order valence-electron chi connectivity index (χ2n) is 6.15. The number of rotatable bonds is 4. The molecule has 4 rings (SSSR count). The molecule has 3 heterocycles. The molecule has 3 aromatic rings. The Balaban J connectivity index is 1.52. The minimum absolute atomic E-state index is 0.189. The Hall–Kier alpha value is -3.06. The number of hydrogen-bond acceptors (Lipinski definition) is 5. The highest BCUT2D eigenvalue weighted by atomic mass is 16.6. The van der Waals surface area contributed by atoms with Crippen LogP contribution in [0.1, 0.15) is 33.6 Å². The molecule has 26 heavy (non-hydrogen) atoms. The fourth-order valence-electron chi connectivity index (χ4n) is 3.10. The first-order valence-electron chi connectivity index (χ1n) is 8.38. The summed E-state index contributed by atoms with van der Waals surface area (Å²) in [6.07, 6.45) is -0.784. The molecule has 0 saturated heterocycles. The van der Waals surface area contributed by atoms with Crippen LogP contribution in [0.25, 0.3) is 0 Å². The second-order valence-corrected chi connectivity index (χ2v) is 6.15. The average Bonchev–Trinajstić information content (AvgIpc) is 3.33. The van der Waals surface area contributed by atoms with Gasteiger partial charge in [-0.2, -0.15) is 5.10 Å². The molecule has 1 N–H and O–H groups in total. The smallest absolute Gasteiger partial charge is 0.290 e. The lowest BCUT2D eigenvalue weighted by Gasteiger charge is -2.26. The van der Waals surface area contributed by atoms with E-state index in [1.54, 1.807) is 17.0 Å². The molecule has 2 aromatic heterocycles. The Morgan fingerprint density at radius 2 is 2.04 bits per heavy atom. The molecule has 0 unspecified atom stereocenters. The minimum atomic E-state index is -0.784. The first kappa shape index (κ1) is 16.4. The van der Waals surface area contributed by atoms with E-state index in [-0.39, 0.29) is 11.7 Å². The van der Waals surface area contributed by atoms with Gasteiger partial charge < -0.3 is 19.2 Å². The van der Waals surface area contributed by atoms with E-state index in [4.69, 9.17) is 9.15 Å². The van der Waals surface area contributed by atoms with Gasteiger partial charge in [-0.25, -0.2) is 0 Å². The van der Waals surface area contributed by atoms with Crippen LogP contribution < -0.4 is 4.74 Å². The number of methoxy groups -OCH3 is 1. The summed E-state index contributed by atoms with van der Waals surface area (Å²) in [6.45, 7) is 1.51. The summed E-state index contributed by atoms with van der Waals surface area (Å²) < 4.78 is 12.2. The van der Waals surface area contributed by atoms with E-state index in [0.29, 0.717) is 31.3 Å². The van der Waals surface area contributed by atoms with E-state index in [9.17, 15) is 9.90 Å². The Bertz CT molecular complexity index is 916. The highest BCUT2D eigenvalue weighted by Gasteiger charge is 2.26. The van der Waals surface area contributed by atoms with Crippen LogP contribution in [0.3, 0.4) is 0 Å². The third-order valence-corrected chi connectivity index (χ3v) is 4.49. The SMILES string of the molecule is COc1ccc(C(=O)N2CCn3nc([C@@H](O)c4ccccc4)cc3C2)o1. The number of aliphatic hydroxyl groups excluding tert-OH is 1. The zero-order chi connectivity index (χ0) is 18.1. The maximum atomic E-state index is 12.6. The van der Waals surface area contributed by atoms with Crippen molar-refractivity contribution >= 4 is 5.91 Å². The highest BCUT2D eigenvalue weighted by Crippen LogP contribution is 2.25. The molecule has 0 spiro atoms. The van der Waals surface area contributed by atoms with Gasteiger partial charge in [-0.1, -0.05) is 30.3 Å². The molecule has 1 aliphatic heterocycles. The molecular weight excluding hydrogens is 334 g/mol. The number of ether oxygens (including phenoxy) is 1. The van der Waals surface area contributed by atoms with Crippen molar-refractivity contribution in [2.24, 2.45) is 0 Å². The molecule has 1 aliphatic rings. The van der Waals surface area contributed by atoms with Crippen molar-refractivity contribution in [3.05, 3.63) is 71.2 Å². The van der Waals surface area contributed by atoms with Crippen molar-refractivity contribution in [1.82, 2.24) is 14.7 Å². The van der Waals surface area contributed by atoms with Gasteiger partial charge in [0.1, 0.15) is 6.10 Å². The summed E-state index contributed by atoms with van der Waals surface area (Å²) in [5.41, 5.74) is 2.26. The van der Waals surface area contributed by atoms with Crippen molar-refractivity contribution in [3.8, 4) is 5.95 Å². The van der Waals surface area contributed by atoms with E-state index in [1.165, 1.54) is 7.11 Å². The van der Waals surface area contributed by atoms with Crippen molar-refractivity contribution < 1.29 is 19.1 Å². The fourth-order valence-corrected chi connectivity index (χ4v) is 3.10. The lowest BCUT2D eigenvalue weighted by molar-refractivity contribution is 0.0667. The number of aromatic nitrogens is 2. The zero-order valence-corrected chi connectivity index (χ0v) is 14.3. The van der Waals surface area contributed by atoms with Crippen molar-refractivity contribution in [3.63, 3.8) is 0 Å². The predicted octanol–water partition coefficient (Wildman–Crippen LogP) is 2.22. The third kappa shape index (κ3) is 2.97. The minimum Gasteiger partial charge on any atom is -0.468 e. The topological polar surface area (TPSA) is 80.7 Å². The van der Waals surface area contributed by atoms with Crippen molar-refractivity contribution in [2.75, 3.05) is 13.7 Å². The number of furan rings is 1. The van der Waals surface area contributed by atoms with Gasteiger partial charge in [0.05, 0.1) is 31.6 Å². The Labute approximate surface area is 150 Å². The number of carbonyl (C=O) groups excluding carboxylic acids is 1. The Morgan fingerprint density at radius 3 is 2.77 bits per heavy atom. The molecule has 0 fully saturated rings. The van der Waals surface area contributed by atoms with E-state index in [1.807, 2.05) is 41.1 Å². The van der Waals surface area contributed by atoms with Gasteiger partial charge in [-0.15, -0.1) is 0 Å². The lowest BCUT2D eigenvalue weighted by atomic mass is 10.1. The molecular formula is C19H19N3O4. The van der Waals surface area contributed by atoms with Gasteiger partial charge >= 0.3 is 0 Å². The summed E-state index contributed by atoms with van der Waals surface area (Å²) in [7, 11) is 1.49. The largest absolute Gasteiger partial charge is 0.468 e. The molecule has 7 nitrogen and oxygen atoms in total. The van der Waals surface area contributed by atoms with Crippen molar-refractivity contribution in [1.29, 1.82) is 0 Å². The zero-order valence-electron chi connectivity index (χ0n) is 14.3. The molecule has 1 atom stereocenters. The van der Waals surface area contributed by atoms with E-state index < -0.39 is 6.10 Å². The van der Waals surface area contributed by atoms with Crippen LogP contribution >= 0.6 is 0 Å². The number of fused-ring (bicyclic) bond motifs is 1. The monoisotopic (exact) mass is 353 g/mol. The van der Waals surface area contributed by atoms with Crippen LogP contribution in [-0.2, 0) is 13.1 Å². The van der Waals surface area contributed by atoms with Crippen molar-refractivity contribution in [2.45, 2.75) is 19.2 Å². The van der Waals surface area contributed by atoms with Crippen LogP contribution in [-0.4, -0.2) is 39.3 Å². The van der Waals surface area contributed by atoms with Gasteiger partial charge in [-0.05, 0) is 17.7 Å². The van der Waals surface area contributed by atoms with E-state index in [2.05, 4.69) is 5.10 Å². The maximum absolute atomic E-state index is 12.6. The second kappa shape index (κ2) is 6.68. The number of carbonyl (C=O) groups is 1. The predicted molar refractivity (Wildman–Crippen MR) is 92.7 cm³/mol. The third-order valence-electron chi connectivity index (χ3n) is 4.49. The number of benzene rings is 1. The molecule has 134 valence electrons. The molecule has 1 aromatic carbocycles. The number of nitrogens with zero attached hydrogens (tertiary/aromatic N) is 3. The molecule has 1 amide bonds. The summed E-state index contributed by atoms with van der Waals surface area (Å²) in [6, 6.07) is 14.5. The van der Waals surface area contributed by atoms with Gasteiger partial charge in [0, 0.05) is 12.6 Å². The van der Waals surface area contributed by atoms with Crippen LogP contribution in [0.4, 0.5) is 0 Å². The van der Waals surface area contributed by atoms with E-state index >= 15 is 0 Å². The molecule has 0 saturated carbocycles. The molecule has 0 bridgehead atoms. The summed E-state index contributed by atoms with van der Waals surface area (Å²) in [5.74, 6) is 0.369. The lowest BCUT2D eigenvalue weighted by Crippen LogP contribution is -2.38. The summed E-state index contributed by atoms with van der Waals surface area (Å²) in [5, 5.41) is 15.0. The Kier molecular flexibility index (Phi) is 4.22. The Morgan fingerprint density at radius 1 is 1.23 bits per heavy atom. The summed E-state index contributed by atoms with van der Waals surface area (Å²) >= 11 is 0. The average molecular weight is 353 g/mol. The number of aliphatic hydroxyl groups is 1. The van der Waals surface area contributed by atoms with Crippen LogP contribution in [0.5, 0.6) is 5.95 Å². The van der Waals surface area contributed by atoms with Gasteiger partial charge in [0.25, 0.3) is 11.9 Å². The highest BCUT2D eigenvalue weighted by molar-refractivity contribution is 5.91. The molecule has 7 heteroatoms. The first-order chi connectivity index (χ1) is 12.7. The molecule has 0 radical (unpaired) electrons. The van der Waals surface area contributed by atoms with Crippen LogP contribution in [0.2, 0.25) is 0 Å². The number of hydrogen-bond donors (Lipinski definition) is 1. The number of amides is 1. The van der Waals surface area contributed by atoms with E-state index in [0.717, 1.165) is 11.3 Å². The van der Waals surface area contributed by atoms with Gasteiger partial charge in [-0.3, -0.25) is 9.48 Å². The maximum Gasteiger partial charge on any atom is 0.290 e.